The van der Waals surface area contributed by atoms with Gasteiger partial charge in [-0.05, 0) is 32.1 Å². The zero-order chi connectivity index (χ0) is 46.5. The van der Waals surface area contributed by atoms with E-state index in [1.807, 2.05) is 6.08 Å². The number of hydrogen-bond donors (Lipinski definition) is 3. The maximum atomic E-state index is 12.5. The highest BCUT2D eigenvalue weighted by Gasteiger charge is 2.18. The van der Waals surface area contributed by atoms with E-state index in [2.05, 4.69) is 19.2 Å². The fraction of sp³-hybridized carbons (Fsp3) is 0.931. The molecule has 0 aliphatic carbocycles. The third-order valence-electron chi connectivity index (χ3n) is 13.6. The van der Waals surface area contributed by atoms with E-state index in [1.54, 1.807) is 6.08 Å². The lowest BCUT2D eigenvalue weighted by Crippen LogP contribution is -2.45. The molecule has 6 heteroatoms. The SMILES string of the molecule is CCCCCCCCCCCCCCCCC/C=C/C(O)C(CO)NC(=O)CCCCCCCCCCCCCCCCOC(=O)CCCCCCCCCCCCCCCCCC. The summed E-state index contributed by atoms with van der Waals surface area (Å²) in [5.74, 6) is -0.0751. The van der Waals surface area contributed by atoms with Gasteiger partial charge in [-0.15, -0.1) is 0 Å². The Labute approximate surface area is 399 Å². The molecule has 6 nitrogen and oxygen atoms in total. The highest BCUT2D eigenvalue weighted by atomic mass is 16.5. The standard InChI is InChI=1S/C58H113NO5/c1-3-5-7-9-11-13-15-17-19-21-22-26-30-34-38-42-46-50-56(61)55(54-60)59-57(62)51-47-43-39-35-31-27-24-25-29-33-37-41-45-49-53-64-58(63)52-48-44-40-36-32-28-23-20-18-16-14-12-10-8-6-4-2/h46,50,55-56,60-61H,3-45,47-49,51-54H2,1-2H3,(H,59,62)/b50-46+. The summed E-state index contributed by atoms with van der Waals surface area (Å²) < 4.78 is 5.48. The monoisotopic (exact) mass is 904 g/mol. The van der Waals surface area contributed by atoms with Gasteiger partial charge in [0.1, 0.15) is 0 Å². The predicted octanol–water partition coefficient (Wildman–Crippen LogP) is 17.7. The van der Waals surface area contributed by atoms with Crippen molar-refractivity contribution in [2.45, 2.75) is 334 Å². The topological polar surface area (TPSA) is 95.9 Å². The van der Waals surface area contributed by atoms with Gasteiger partial charge < -0.3 is 20.3 Å². The molecule has 0 aromatic rings. The molecule has 0 radical (unpaired) electrons. The first-order chi connectivity index (χ1) is 31.5. The molecule has 0 saturated carbocycles. The van der Waals surface area contributed by atoms with Gasteiger partial charge in [0, 0.05) is 12.8 Å². The largest absolute Gasteiger partial charge is 0.466 e. The van der Waals surface area contributed by atoms with E-state index in [1.165, 1.54) is 238 Å². The molecule has 64 heavy (non-hydrogen) atoms. The van der Waals surface area contributed by atoms with Crippen LogP contribution in [0.3, 0.4) is 0 Å². The van der Waals surface area contributed by atoms with E-state index in [-0.39, 0.29) is 18.5 Å². The summed E-state index contributed by atoms with van der Waals surface area (Å²) in [6.07, 6.45) is 63.7. The van der Waals surface area contributed by atoms with Crippen LogP contribution in [0.1, 0.15) is 322 Å². The van der Waals surface area contributed by atoms with Gasteiger partial charge in [0.25, 0.3) is 0 Å². The van der Waals surface area contributed by atoms with Crippen molar-refractivity contribution in [1.82, 2.24) is 5.32 Å². The highest BCUT2D eigenvalue weighted by molar-refractivity contribution is 5.76. The third kappa shape index (κ3) is 50.0. The molecule has 0 heterocycles. The third-order valence-corrected chi connectivity index (χ3v) is 13.6. The van der Waals surface area contributed by atoms with E-state index in [4.69, 9.17) is 4.74 Å². The Hall–Kier alpha value is -1.40. The lowest BCUT2D eigenvalue weighted by molar-refractivity contribution is -0.143. The number of aliphatic hydroxyl groups is 2. The lowest BCUT2D eigenvalue weighted by Gasteiger charge is -2.20. The summed E-state index contributed by atoms with van der Waals surface area (Å²) in [6.45, 7) is 4.91. The summed E-state index contributed by atoms with van der Waals surface area (Å²) in [4.78, 5) is 24.5. The molecule has 2 unspecified atom stereocenters. The van der Waals surface area contributed by atoms with Crippen molar-refractivity contribution in [3.8, 4) is 0 Å². The lowest BCUT2D eigenvalue weighted by atomic mass is 10.0. The summed E-state index contributed by atoms with van der Waals surface area (Å²) in [7, 11) is 0. The fourth-order valence-electron chi connectivity index (χ4n) is 9.11. The first-order valence-electron chi connectivity index (χ1n) is 29.0. The maximum Gasteiger partial charge on any atom is 0.305 e. The Morgan fingerprint density at radius 3 is 1.06 bits per heavy atom. The number of ether oxygens (including phenoxy) is 1. The second-order valence-electron chi connectivity index (χ2n) is 20.0. The Morgan fingerprint density at radius 2 is 0.719 bits per heavy atom. The minimum Gasteiger partial charge on any atom is -0.466 e. The fourth-order valence-corrected chi connectivity index (χ4v) is 9.11. The number of hydrogen-bond acceptors (Lipinski definition) is 5. The van der Waals surface area contributed by atoms with E-state index in [0.717, 1.165) is 57.8 Å². The van der Waals surface area contributed by atoms with Crippen LogP contribution >= 0.6 is 0 Å². The second-order valence-corrected chi connectivity index (χ2v) is 20.0. The van der Waals surface area contributed by atoms with Crippen molar-refractivity contribution in [3.05, 3.63) is 12.2 Å². The molecule has 0 bridgehead atoms. The van der Waals surface area contributed by atoms with Gasteiger partial charge in [-0.3, -0.25) is 9.59 Å². The summed E-state index contributed by atoms with van der Waals surface area (Å²) in [5.41, 5.74) is 0. The number of carbonyl (C=O) groups is 2. The highest BCUT2D eigenvalue weighted by Crippen LogP contribution is 2.17. The zero-order valence-corrected chi connectivity index (χ0v) is 43.3. The van der Waals surface area contributed by atoms with E-state index in [0.29, 0.717) is 19.4 Å². The predicted molar refractivity (Wildman–Crippen MR) is 278 cm³/mol. The molecule has 0 spiro atoms. The van der Waals surface area contributed by atoms with Crippen molar-refractivity contribution in [3.63, 3.8) is 0 Å². The van der Waals surface area contributed by atoms with Gasteiger partial charge in [-0.1, -0.05) is 289 Å². The number of nitrogens with one attached hydrogen (secondary N) is 1. The van der Waals surface area contributed by atoms with E-state index < -0.39 is 12.1 Å². The number of amides is 1. The number of esters is 1. The average Bonchev–Trinajstić information content (AvgIpc) is 3.29. The van der Waals surface area contributed by atoms with Gasteiger partial charge in [-0.2, -0.15) is 0 Å². The quantitative estimate of drug-likeness (QED) is 0.0321. The van der Waals surface area contributed by atoms with E-state index in [9.17, 15) is 19.8 Å². The van der Waals surface area contributed by atoms with Gasteiger partial charge in [-0.25, -0.2) is 0 Å². The Morgan fingerprint density at radius 1 is 0.422 bits per heavy atom. The van der Waals surface area contributed by atoms with Crippen LogP contribution < -0.4 is 5.32 Å². The summed E-state index contributed by atoms with van der Waals surface area (Å²) >= 11 is 0. The molecule has 0 aliphatic heterocycles. The van der Waals surface area contributed by atoms with Gasteiger partial charge >= 0.3 is 5.97 Å². The molecule has 1 amide bonds. The minimum atomic E-state index is -0.850. The molecule has 2 atom stereocenters. The van der Waals surface area contributed by atoms with Gasteiger partial charge in [0.05, 0.1) is 25.4 Å². The van der Waals surface area contributed by atoms with Crippen LogP contribution in [0.4, 0.5) is 0 Å². The molecular formula is C58H113NO5. The minimum absolute atomic E-state index is 0.000643. The molecule has 0 aliphatic rings. The molecule has 0 rings (SSSR count). The smallest absolute Gasteiger partial charge is 0.305 e. The van der Waals surface area contributed by atoms with Crippen LogP contribution in [-0.2, 0) is 14.3 Å². The van der Waals surface area contributed by atoms with Crippen LogP contribution in [-0.4, -0.2) is 47.4 Å². The Balaban J connectivity index is 3.45. The zero-order valence-electron chi connectivity index (χ0n) is 43.3. The molecule has 0 aromatic heterocycles. The molecule has 0 saturated heterocycles. The Kier molecular flexibility index (Phi) is 53.0. The van der Waals surface area contributed by atoms with Crippen LogP contribution in [0.15, 0.2) is 12.2 Å². The first kappa shape index (κ1) is 62.6. The normalized spacial score (nSPS) is 12.6. The average molecular weight is 905 g/mol. The molecular weight excluding hydrogens is 791 g/mol. The number of aliphatic hydroxyl groups excluding tert-OH is 2. The van der Waals surface area contributed by atoms with Crippen LogP contribution in [0.5, 0.6) is 0 Å². The Bertz CT molecular complexity index is 955. The maximum absolute atomic E-state index is 12.5. The second kappa shape index (κ2) is 54.2. The summed E-state index contributed by atoms with van der Waals surface area (Å²) in [6, 6.07) is -0.635. The number of allylic oxidation sites excluding steroid dienone is 1. The van der Waals surface area contributed by atoms with Crippen molar-refractivity contribution in [2.75, 3.05) is 13.2 Å². The van der Waals surface area contributed by atoms with Crippen molar-refractivity contribution >= 4 is 11.9 Å². The first-order valence-corrected chi connectivity index (χ1v) is 29.0. The molecule has 3 N–H and O–H groups in total. The van der Waals surface area contributed by atoms with Crippen LogP contribution in [0, 0.1) is 0 Å². The van der Waals surface area contributed by atoms with Gasteiger partial charge in [0.15, 0.2) is 0 Å². The molecule has 0 aromatic carbocycles. The summed E-state index contributed by atoms with van der Waals surface area (Å²) in [5, 5.41) is 23.1. The number of carbonyl (C=O) groups excluding carboxylic acids is 2. The molecule has 380 valence electrons. The van der Waals surface area contributed by atoms with Crippen molar-refractivity contribution in [2.24, 2.45) is 0 Å². The van der Waals surface area contributed by atoms with Gasteiger partial charge in [0.2, 0.25) is 5.91 Å². The number of rotatable bonds is 54. The van der Waals surface area contributed by atoms with Crippen molar-refractivity contribution in [1.29, 1.82) is 0 Å². The molecule has 0 fully saturated rings. The van der Waals surface area contributed by atoms with Crippen molar-refractivity contribution < 1.29 is 24.5 Å². The van der Waals surface area contributed by atoms with Crippen LogP contribution in [0.25, 0.3) is 0 Å². The van der Waals surface area contributed by atoms with E-state index >= 15 is 0 Å². The van der Waals surface area contributed by atoms with Crippen LogP contribution in [0.2, 0.25) is 0 Å². The number of unbranched alkanes of at least 4 members (excludes halogenated alkanes) is 43.